The van der Waals surface area contributed by atoms with E-state index in [1.807, 2.05) is 23.6 Å². The Morgan fingerprint density at radius 3 is 2.81 bits per heavy atom. The second-order valence-electron chi connectivity index (χ2n) is 6.83. The van der Waals surface area contributed by atoms with Crippen LogP contribution < -0.4 is 24.4 Å². The molecule has 0 bridgehead atoms. The number of nitrogens with zero attached hydrogens (tertiary/aromatic N) is 2. The first kappa shape index (κ1) is 21.4. The molecule has 2 heterocycles. The maximum atomic E-state index is 12.7. The second kappa shape index (κ2) is 9.11. The number of ether oxygens (including phenoxy) is 3. The highest BCUT2D eigenvalue weighted by molar-refractivity contribution is 7.14. The summed E-state index contributed by atoms with van der Waals surface area (Å²) in [5.41, 5.74) is 2.57. The number of aromatic nitrogens is 1. The van der Waals surface area contributed by atoms with Crippen LogP contribution in [0.3, 0.4) is 0 Å². The maximum Gasteiger partial charge on any atom is 0.265 e. The van der Waals surface area contributed by atoms with E-state index in [4.69, 9.17) is 14.2 Å². The van der Waals surface area contributed by atoms with Crippen molar-refractivity contribution in [2.24, 2.45) is 0 Å². The number of benzene rings is 2. The molecule has 0 fully saturated rings. The zero-order valence-corrected chi connectivity index (χ0v) is 18.4. The Labute approximate surface area is 189 Å². The summed E-state index contributed by atoms with van der Waals surface area (Å²) in [6, 6.07) is 10.5. The lowest BCUT2D eigenvalue weighted by Gasteiger charge is -2.28. The largest absolute Gasteiger partial charge is 0.493 e. The van der Waals surface area contributed by atoms with Crippen LogP contribution in [0.5, 0.6) is 17.2 Å². The van der Waals surface area contributed by atoms with Crippen LogP contribution in [-0.4, -0.2) is 44.2 Å². The van der Waals surface area contributed by atoms with Crippen LogP contribution in [0, 0.1) is 0 Å². The van der Waals surface area contributed by atoms with Crippen LogP contribution in [0.4, 0.5) is 10.8 Å². The lowest BCUT2D eigenvalue weighted by atomic mass is 10.1. The summed E-state index contributed by atoms with van der Waals surface area (Å²) < 4.78 is 16.0. The van der Waals surface area contributed by atoms with Crippen molar-refractivity contribution in [3.8, 4) is 28.5 Å². The van der Waals surface area contributed by atoms with Gasteiger partial charge in [0.15, 0.2) is 23.2 Å². The van der Waals surface area contributed by atoms with Gasteiger partial charge in [-0.25, -0.2) is 4.98 Å². The fourth-order valence-corrected chi connectivity index (χ4v) is 4.02. The van der Waals surface area contributed by atoms with Crippen LogP contribution in [-0.2, 0) is 4.79 Å². The standard InChI is InChI=1S/C23H21N3O5S/c1-4-9-26-17-10-14(5-7-18(17)31-12-21(26)27)16-13-32-23(24-16)25-22(28)15-6-8-19(29-2)20(11-15)30-3/h4-8,10-11,13H,1,9,12H2,2-3H3,(H,24,25,28). The zero-order valence-electron chi connectivity index (χ0n) is 17.6. The van der Waals surface area contributed by atoms with Crippen molar-refractivity contribution < 1.29 is 23.8 Å². The van der Waals surface area contributed by atoms with Gasteiger partial charge in [-0.3, -0.25) is 14.9 Å². The molecule has 1 aliphatic heterocycles. The first-order valence-electron chi connectivity index (χ1n) is 9.71. The first-order valence-corrected chi connectivity index (χ1v) is 10.6. The predicted octanol–water partition coefficient (Wildman–Crippen LogP) is 3.99. The Morgan fingerprint density at radius 2 is 2.06 bits per heavy atom. The van der Waals surface area contributed by atoms with E-state index < -0.39 is 0 Å². The van der Waals surface area contributed by atoms with E-state index >= 15 is 0 Å². The summed E-state index contributed by atoms with van der Waals surface area (Å²) in [6.07, 6.45) is 1.67. The molecule has 1 aliphatic rings. The van der Waals surface area contributed by atoms with Gasteiger partial charge >= 0.3 is 0 Å². The Bertz CT molecular complexity index is 1190. The molecule has 0 unspecified atom stereocenters. The molecule has 3 aromatic rings. The van der Waals surface area contributed by atoms with E-state index in [0.717, 1.165) is 5.56 Å². The number of hydrogen-bond donors (Lipinski definition) is 1. The maximum absolute atomic E-state index is 12.7. The molecule has 9 heteroatoms. The zero-order chi connectivity index (χ0) is 22.7. The molecule has 0 aliphatic carbocycles. The van der Waals surface area contributed by atoms with Gasteiger partial charge in [-0.05, 0) is 36.4 Å². The highest BCUT2D eigenvalue weighted by Crippen LogP contribution is 2.37. The third-order valence-corrected chi connectivity index (χ3v) is 5.64. The van der Waals surface area contributed by atoms with Crippen molar-refractivity contribution in [2.45, 2.75) is 0 Å². The van der Waals surface area contributed by atoms with Crippen LogP contribution >= 0.6 is 11.3 Å². The molecule has 4 rings (SSSR count). The Morgan fingerprint density at radius 1 is 1.25 bits per heavy atom. The predicted molar refractivity (Wildman–Crippen MR) is 123 cm³/mol. The molecule has 0 atom stereocenters. The number of carbonyl (C=O) groups is 2. The average molecular weight is 452 g/mol. The molecular weight excluding hydrogens is 430 g/mol. The number of thiazole rings is 1. The summed E-state index contributed by atoms with van der Waals surface area (Å²) in [5.74, 6) is 1.20. The topological polar surface area (TPSA) is 90.0 Å². The van der Waals surface area contributed by atoms with Crippen LogP contribution in [0.1, 0.15) is 10.4 Å². The van der Waals surface area contributed by atoms with E-state index in [0.29, 0.717) is 45.9 Å². The van der Waals surface area contributed by atoms with E-state index in [1.54, 1.807) is 29.2 Å². The molecule has 32 heavy (non-hydrogen) atoms. The van der Waals surface area contributed by atoms with E-state index in [9.17, 15) is 9.59 Å². The summed E-state index contributed by atoms with van der Waals surface area (Å²) >= 11 is 1.31. The second-order valence-corrected chi connectivity index (χ2v) is 7.68. The fraction of sp³-hybridized carbons (Fsp3) is 0.174. The minimum Gasteiger partial charge on any atom is -0.493 e. The highest BCUT2D eigenvalue weighted by Gasteiger charge is 2.25. The normalized spacial score (nSPS) is 12.6. The molecule has 0 saturated carbocycles. The lowest BCUT2D eigenvalue weighted by molar-refractivity contribution is -0.121. The smallest absolute Gasteiger partial charge is 0.265 e. The molecule has 2 amide bonds. The van der Waals surface area contributed by atoms with Crippen LogP contribution in [0.15, 0.2) is 54.4 Å². The van der Waals surface area contributed by atoms with Gasteiger partial charge in [0.25, 0.3) is 11.8 Å². The third kappa shape index (κ3) is 4.15. The van der Waals surface area contributed by atoms with Gasteiger partial charge in [0, 0.05) is 23.1 Å². The Balaban J connectivity index is 1.55. The molecule has 2 aromatic carbocycles. The number of fused-ring (bicyclic) bond motifs is 1. The fourth-order valence-electron chi connectivity index (χ4n) is 3.30. The molecule has 1 N–H and O–H groups in total. The number of methoxy groups -OCH3 is 2. The van der Waals surface area contributed by atoms with Crippen LogP contribution in [0.25, 0.3) is 11.3 Å². The van der Waals surface area contributed by atoms with Gasteiger partial charge < -0.3 is 19.1 Å². The molecular formula is C23H21N3O5S. The number of rotatable bonds is 7. The minimum absolute atomic E-state index is 0.00319. The third-order valence-electron chi connectivity index (χ3n) is 4.88. The number of hydrogen-bond acceptors (Lipinski definition) is 7. The first-order chi connectivity index (χ1) is 15.5. The van der Waals surface area contributed by atoms with E-state index in [1.165, 1.54) is 25.6 Å². The quantitative estimate of drug-likeness (QED) is 0.547. The summed E-state index contributed by atoms with van der Waals surface area (Å²) in [6.45, 7) is 4.11. The highest BCUT2D eigenvalue weighted by atomic mass is 32.1. The molecule has 1 aromatic heterocycles. The van der Waals surface area contributed by atoms with Crippen molar-refractivity contribution in [3.05, 3.63) is 60.0 Å². The van der Waals surface area contributed by atoms with Gasteiger partial charge in [0.2, 0.25) is 0 Å². The number of carbonyl (C=O) groups excluding carboxylic acids is 2. The van der Waals surface area contributed by atoms with Crippen molar-refractivity contribution in [1.82, 2.24) is 4.98 Å². The monoisotopic (exact) mass is 451 g/mol. The average Bonchev–Trinajstić information content (AvgIpc) is 3.28. The van der Waals surface area contributed by atoms with Gasteiger partial charge in [-0.1, -0.05) is 6.08 Å². The Kier molecular flexibility index (Phi) is 6.09. The number of amides is 2. The molecule has 0 saturated heterocycles. The number of nitrogens with one attached hydrogen (secondary N) is 1. The lowest BCUT2D eigenvalue weighted by Crippen LogP contribution is -2.38. The van der Waals surface area contributed by atoms with Gasteiger partial charge in [-0.2, -0.15) is 0 Å². The summed E-state index contributed by atoms with van der Waals surface area (Å²) in [5, 5.41) is 5.10. The van der Waals surface area contributed by atoms with Gasteiger partial charge in [-0.15, -0.1) is 17.9 Å². The van der Waals surface area contributed by atoms with Gasteiger partial charge in [0.05, 0.1) is 25.6 Å². The molecule has 8 nitrogen and oxygen atoms in total. The van der Waals surface area contributed by atoms with E-state index in [-0.39, 0.29) is 18.4 Å². The van der Waals surface area contributed by atoms with Crippen molar-refractivity contribution in [2.75, 3.05) is 37.6 Å². The van der Waals surface area contributed by atoms with Gasteiger partial charge in [0.1, 0.15) is 5.75 Å². The summed E-state index contributed by atoms with van der Waals surface area (Å²) in [4.78, 5) is 31.0. The van der Waals surface area contributed by atoms with Crippen molar-refractivity contribution >= 4 is 34.0 Å². The summed E-state index contributed by atoms with van der Waals surface area (Å²) in [7, 11) is 3.05. The molecule has 0 radical (unpaired) electrons. The Hall–Kier alpha value is -3.85. The van der Waals surface area contributed by atoms with Crippen molar-refractivity contribution in [3.63, 3.8) is 0 Å². The van der Waals surface area contributed by atoms with E-state index in [2.05, 4.69) is 16.9 Å². The van der Waals surface area contributed by atoms with Crippen molar-refractivity contribution in [1.29, 1.82) is 0 Å². The SMILES string of the molecule is C=CCN1C(=O)COc2ccc(-c3csc(NC(=O)c4ccc(OC)c(OC)c4)n3)cc21. The van der Waals surface area contributed by atoms with Crippen LogP contribution in [0.2, 0.25) is 0 Å². The molecule has 164 valence electrons. The molecule has 0 spiro atoms. The number of anilines is 2. The minimum atomic E-state index is -0.312.